The number of amides is 2. The third-order valence-electron chi connectivity index (χ3n) is 4.63. The molecule has 0 bridgehead atoms. The summed E-state index contributed by atoms with van der Waals surface area (Å²) in [5, 5.41) is 10.3. The van der Waals surface area contributed by atoms with Crippen LogP contribution in [0.5, 0.6) is 0 Å². The monoisotopic (exact) mass is 347 g/mol. The molecule has 0 unspecified atom stereocenters. The normalized spacial score (nSPS) is 20.1. The summed E-state index contributed by atoms with van der Waals surface area (Å²) in [4.78, 5) is 30.8. The standard InChI is InChI=1S/C16H21N5O4/c1-8-11(9(2)24-19-8)5-14(22)21-6-12(15(23)17-4)13(7-21)16-18-10(3)20-25-16/h12-13H,5-7H2,1-4H3,(H,17,23)/t12-,13-/m1/s1. The molecule has 0 spiro atoms. The number of hydrogen-bond acceptors (Lipinski definition) is 7. The zero-order chi connectivity index (χ0) is 18.1. The van der Waals surface area contributed by atoms with Gasteiger partial charge in [-0.3, -0.25) is 9.59 Å². The van der Waals surface area contributed by atoms with E-state index in [1.165, 1.54) is 0 Å². The second kappa shape index (κ2) is 6.66. The average molecular weight is 347 g/mol. The van der Waals surface area contributed by atoms with E-state index >= 15 is 0 Å². The Morgan fingerprint density at radius 2 is 1.96 bits per heavy atom. The Labute approximate surface area is 144 Å². The average Bonchev–Trinajstić information content (AvgIpc) is 3.28. The Balaban J connectivity index is 1.79. The van der Waals surface area contributed by atoms with Gasteiger partial charge in [0, 0.05) is 25.7 Å². The lowest BCUT2D eigenvalue weighted by Gasteiger charge is -2.15. The van der Waals surface area contributed by atoms with Gasteiger partial charge >= 0.3 is 0 Å². The molecule has 1 aliphatic rings. The van der Waals surface area contributed by atoms with Gasteiger partial charge in [-0.2, -0.15) is 4.98 Å². The fourth-order valence-corrected chi connectivity index (χ4v) is 3.19. The molecule has 1 N–H and O–H groups in total. The summed E-state index contributed by atoms with van der Waals surface area (Å²) in [5.41, 5.74) is 1.50. The first-order chi connectivity index (χ1) is 11.9. The van der Waals surface area contributed by atoms with Crippen LogP contribution in [0.1, 0.15) is 34.7 Å². The highest BCUT2D eigenvalue weighted by atomic mass is 16.5. The molecule has 2 atom stereocenters. The highest BCUT2D eigenvalue weighted by Gasteiger charge is 2.43. The maximum Gasteiger partial charge on any atom is 0.232 e. The molecule has 9 nitrogen and oxygen atoms in total. The number of aryl methyl sites for hydroxylation is 3. The Bertz CT molecular complexity index is 777. The van der Waals surface area contributed by atoms with Gasteiger partial charge in [-0.1, -0.05) is 10.3 Å². The summed E-state index contributed by atoms with van der Waals surface area (Å²) < 4.78 is 10.4. The van der Waals surface area contributed by atoms with E-state index in [0.29, 0.717) is 36.3 Å². The summed E-state index contributed by atoms with van der Waals surface area (Å²) in [6, 6.07) is 0. The van der Waals surface area contributed by atoms with Crippen LogP contribution in [0.4, 0.5) is 0 Å². The molecule has 1 aliphatic heterocycles. The molecule has 9 heteroatoms. The van der Waals surface area contributed by atoms with Crippen LogP contribution in [0.2, 0.25) is 0 Å². The van der Waals surface area contributed by atoms with Crippen molar-refractivity contribution in [3.8, 4) is 0 Å². The number of hydrogen-bond donors (Lipinski definition) is 1. The molecule has 25 heavy (non-hydrogen) atoms. The van der Waals surface area contributed by atoms with Gasteiger partial charge in [-0.25, -0.2) is 0 Å². The minimum Gasteiger partial charge on any atom is -0.361 e. The van der Waals surface area contributed by atoms with E-state index in [2.05, 4.69) is 20.6 Å². The van der Waals surface area contributed by atoms with Gasteiger partial charge in [0.15, 0.2) is 5.82 Å². The van der Waals surface area contributed by atoms with E-state index in [1.807, 2.05) is 0 Å². The van der Waals surface area contributed by atoms with Crippen LogP contribution in [0.3, 0.4) is 0 Å². The molecule has 2 aromatic rings. The molecule has 3 rings (SSSR count). The van der Waals surface area contributed by atoms with Crippen molar-refractivity contribution in [1.29, 1.82) is 0 Å². The smallest absolute Gasteiger partial charge is 0.232 e. The predicted molar refractivity (Wildman–Crippen MR) is 85.6 cm³/mol. The first kappa shape index (κ1) is 17.1. The second-order valence-electron chi connectivity index (χ2n) is 6.29. The number of carbonyl (C=O) groups is 2. The van der Waals surface area contributed by atoms with Crippen molar-refractivity contribution >= 4 is 11.8 Å². The minimum atomic E-state index is -0.418. The van der Waals surface area contributed by atoms with E-state index in [9.17, 15) is 9.59 Å². The zero-order valence-corrected chi connectivity index (χ0v) is 14.7. The van der Waals surface area contributed by atoms with E-state index in [0.717, 1.165) is 5.56 Å². The number of nitrogens with one attached hydrogen (secondary N) is 1. The van der Waals surface area contributed by atoms with Gasteiger partial charge in [-0.05, 0) is 20.8 Å². The van der Waals surface area contributed by atoms with Crippen molar-refractivity contribution in [2.24, 2.45) is 5.92 Å². The van der Waals surface area contributed by atoms with E-state index in [4.69, 9.17) is 9.05 Å². The lowest BCUT2D eigenvalue weighted by Crippen LogP contribution is -2.34. The van der Waals surface area contributed by atoms with Crippen LogP contribution in [-0.4, -0.2) is 52.1 Å². The van der Waals surface area contributed by atoms with Crippen LogP contribution in [0.25, 0.3) is 0 Å². The quantitative estimate of drug-likeness (QED) is 0.857. The third kappa shape index (κ3) is 3.26. The molecule has 2 aromatic heterocycles. The fourth-order valence-electron chi connectivity index (χ4n) is 3.19. The number of rotatable bonds is 4. The Kier molecular flexibility index (Phi) is 4.56. The third-order valence-corrected chi connectivity index (χ3v) is 4.63. The predicted octanol–water partition coefficient (Wildman–Crippen LogP) is 0.514. The van der Waals surface area contributed by atoms with Gasteiger partial charge in [-0.15, -0.1) is 0 Å². The lowest BCUT2D eigenvalue weighted by molar-refractivity contribution is -0.130. The molecule has 0 radical (unpaired) electrons. The Morgan fingerprint density at radius 3 is 2.52 bits per heavy atom. The first-order valence-corrected chi connectivity index (χ1v) is 8.12. The second-order valence-corrected chi connectivity index (χ2v) is 6.29. The minimum absolute atomic E-state index is 0.0814. The van der Waals surface area contributed by atoms with E-state index in [-0.39, 0.29) is 24.2 Å². The summed E-state index contributed by atoms with van der Waals surface area (Å²) in [6.45, 7) is 5.98. The van der Waals surface area contributed by atoms with Crippen molar-refractivity contribution in [1.82, 2.24) is 25.5 Å². The molecule has 1 saturated heterocycles. The maximum absolute atomic E-state index is 12.7. The van der Waals surface area contributed by atoms with Crippen molar-refractivity contribution in [3.63, 3.8) is 0 Å². The van der Waals surface area contributed by atoms with Crippen LogP contribution in [0.15, 0.2) is 9.05 Å². The molecule has 2 amide bonds. The van der Waals surface area contributed by atoms with Crippen molar-refractivity contribution < 1.29 is 18.6 Å². The molecular weight excluding hydrogens is 326 g/mol. The summed E-state index contributed by atoms with van der Waals surface area (Å²) in [7, 11) is 1.58. The number of carbonyl (C=O) groups excluding carboxylic acids is 2. The highest BCUT2D eigenvalue weighted by Crippen LogP contribution is 2.32. The zero-order valence-electron chi connectivity index (χ0n) is 14.7. The van der Waals surface area contributed by atoms with Crippen molar-refractivity contribution in [3.05, 3.63) is 28.7 Å². The molecule has 0 saturated carbocycles. The largest absolute Gasteiger partial charge is 0.361 e. The molecule has 3 heterocycles. The highest BCUT2D eigenvalue weighted by molar-refractivity contribution is 5.84. The molecule has 0 aromatic carbocycles. The Hall–Kier alpha value is -2.71. The van der Waals surface area contributed by atoms with Gasteiger partial charge < -0.3 is 19.3 Å². The summed E-state index contributed by atoms with van der Waals surface area (Å²) >= 11 is 0. The van der Waals surface area contributed by atoms with Gasteiger partial charge in [0.2, 0.25) is 17.7 Å². The van der Waals surface area contributed by atoms with Crippen LogP contribution in [-0.2, 0) is 16.0 Å². The number of aromatic nitrogens is 3. The lowest BCUT2D eigenvalue weighted by atomic mass is 9.95. The fraction of sp³-hybridized carbons (Fsp3) is 0.562. The Morgan fingerprint density at radius 1 is 1.20 bits per heavy atom. The number of likely N-dealkylation sites (tertiary alicyclic amines) is 1. The van der Waals surface area contributed by atoms with Crippen molar-refractivity contribution in [2.75, 3.05) is 20.1 Å². The van der Waals surface area contributed by atoms with Gasteiger partial charge in [0.1, 0.15) is 5.76 Å². The SMILES string of the molecule is CNC(=O)[C@@H]1CN(C(=O)Cc2c(C)noc2C)C[C@H]1c1nc(C)no1. The molecule has 134 valence electrons. The molecule has 0 aliphatic carbocycles. The summed E-state index contributed by atoms with van der Waals surface area (Å²) in [5.74, 6) is 0.575. The molecular formula is C16H21N5O4. The van der Waals surface area contributed by atoms with Crippen LogP contribution >= 0.6 is 0 Å². The van der Waals surface area contributed by atoms with E-state index in [1.54, 1.807) is 32.7 Å². The van der Waals surface area contributed by atoms with Crippen LogP contribution in [0, 0.1) is 26.7 Å². The first-order valence-electron chi connectivity index (χ1n) is 8.12. The van der Waals surface area contributed by atoms with E-state index < -0.39 is 5.92 Å². The molecule has 1 fully saturated rings. The summed E-state index contributed by atoms with van der Waals surface area (Å²) in [6.07, 6.45) is 0.192. The van der Waals surface area contributed by atoms with Gasteiger partial charge in [0.25, 0.3) is 0 Å². The van der Waals surface area contributed by atoms with Crippen molar-refractivity contribution in [2.45, 2.75) is 33.1 Å². The van der Waals surface area contributed by atoms with Gasteiger partial charge in [0.05, 0.1) is 24.0 Å². The topological polar surface area (TPSA) is 114 Å². The maximum atomic E-state index is 12.7. The van der Waals surface area contributed by atoms with Crippen LogP contribution < -0.4 is 5.32 Å². The number of nitrogens with zero attached hydrogens (tertiary/aromatic N) is 4.